The average Bonchev–Trinajstić information content (AvgIpc) is 3.31. The fourth-order valence-electron chi connectivity index (χ4n) is 4.42. The first-order valence-corrected chi connectivity index (χ1v) is 11.0. The lowest BCUT2D eigenvalue weighted by atomic mass is 9.94. The molecule has 0 aromatic heterocycles. The van der Waals surface area contributed by atoms with Crippen molar-refractivity contribution < 1.29 is 4.39 Å². The molecule has 2 nitrogen and oxygen atoms in total. The Morgan fingerprint density at radius 3 is 1.94 bits per heavy atom. The van der Waals surface area contributed by atoms with Crippen molar-refractivity contribution in [2.75, 3.05) is 0 Å². The maximum Gasteiger partial charge on any atom is 0.127 e. The summed E-state index contributed by atoms with van der Waals surface area (Å²) in [6.07, 6.45) is 0. The van der Waals surface area contributed by atoms with Crippen LogP contribution in [0.15, 0.2) is 114 Å². The first-order chi connectivity index (χ1) is 15.7. The second kappa shape index (κ2) is 8.80. The van der Waals surface area contributed by atoms with Crippen molar-refractivity contribution in [2.24, 2.45) is 4.99 Å². The predicted octanol–water partition coefficient (Wildman–Crippen LogP) is 7.08. The van der Waals surface area contributed by atoms with Crippen molar-refractivity contribution in [2.45, 2.75) is 24.9 Å². The number of benzene rings is 4. The molecule has 4 aromatic carbocycles. The molecule has 0 bridgehead atoms. The molecular weight excluding hydrogens is 395 g/mol. The molecule has 0 amide bonds. The monoisotopic (exact) mass is 420 g/mol. The Hall–Kier alpha value is -3.72. The summed E-state index contributed by atoms with van der Waals surface area (Å²) >= 11 is 0. The van der Waals surface area contributed by atoms with Crippen molar-refractivity contribution in [3.63, 3.8) is 0 Å². The van der Waals surface area contributed by atoms with E-state index in [4.69, 9.17) is 4.99 Å². The molecule has 3 atom stereocenters. The van der Waals surface area contributed by atoms with E-state index in [0.717, 1.165) is 22.5 Å². The van der Waals surface area contributed by atoms with E-state index in [1.54, 1.807) is 6.07 Å². The van der Waals surface area contributed by atoms with Crippen molar-refractivity contribution in [3.05, 3.63) is 132 Å². The van der Waals surface area contributed by atoms with Gasteiger partial charge in [0.1, 0.15) is 17.7 Å². The fraction of sp³-hybridized carbons (Fsp3) is 0.138. The normalized spacial score (nSPS) is 18.6. The molecule has 1 heterocycles. The van der Waals surface area contributed by atoms with E-state index in [0.29, 0.717) is 5.56 Å². The quantitative estimate of drug-likeness (QED) is 0.366. The summed E-state index contributed by atoms with van der Waals surface area (Å²) in [6.45, 7) is 2.02. The third kappa shape index (κ3) is 3.94. The van der Waals surface area contributed by atoms with Crippen LogP contribution in [0.1, 0.15) is 41.6 Å². The molecule has 0 radical (unpaired) electrons. The standard InChI is InChI=1S/C29H25FN2/c1-20(25-18-17-24(19-26(25)30)21-11-5-2-6-12-21)29-31-27(22-13-7-3-8-14-22)28(32-29)23-15-9-4-10-16-23/h2-20,27-28H,1H3,(H,31,32)/t20?,27-,28+. The van der Waals surface area contributed by atoms with Gasteiger partial charge in [-0.25, -0.2) is 4.39 Å². The number of amidine groups is 1. The minimum absolute atomic E-state index is 0.0164. The van der Waals surface area contributed by atoms with Crippen LogP contribution in [0.25, 0.3) is 11.1 Å². The van der Waals surface area contributed by atoms with Crippen LogP contribution in [0.2, 0.25) is 0 Å². The number of hydrogen-bond acceptors (Lipinski definition) is 2. The minimum Gasteiger partial charge on any atom is -0.364 e. The Labute approximate surface area is 188 Å². The van der Waals surface area contributed by atoms with Gasteiger partial charge in [-0.05, 0) is 33.9 Å². The summed E-state index contributed by atoms with van der Waals surface area (Å²) < 4.78 is 15.2. The van der Waals surface area contributed by atoms with Crippen molar-refractivity contribution in [3.8, 4) is 11.1 Å². The predicted molar refractivity (Wildman–Crippen MR) is 129 cm³/mol. The van der Waals surface area contributed by atoms with Crippen molar-refractivity contribution >= 4 is 5.84 Å². The third-order valence-electron chi connectivity index (χ3n) is 6.18. The Bertz CT molecular complexity index is 1220. The van der Waals surface area contributed by atoms with Gasteiger partial charge in [-0.15, -0.1) is 0 Å². The molecule has 1 aliphatic heterocycles. The van der Waals surface area contributed by atoms with E-state index in [1.165, 1.54) is 5.56 Å². The van der Waals surface area contributed by atoms with Crippen LogP contribution in [-0.2, 0) is 0 Å². The number of rotatable bonds is 5. The number of hydrogen-bond donors (Lipinski definition) is 1. The molecule has 0 saturated heterocycles. The lowest BCUT2D eigenvalue weighted by molar-refractivity contribution is 0.569. The zero-order chi connectivity index (χ0) is 21.9. The van der Waals surface area contributed by atoms with Crippen LogP contribution < -0.4 is 5.32 Å². The summed E-state index contributed by atoms with van der Waals surface area (Å²) in [5.74, 6) is 0.432. The van der Waals surface area contributed by atoms with E-state index >= 15 is 4.39 Å². The van der Waals surface area contributed by atoms with Crippen LogP contribution in [-0.4, -0.2) is 5.84 Å². The molecule has 0 saturated carbocycles. The number of halogens is 1. The zero-order valence-corrected chi connectivity index (χ0v) is 17.9. The van der Waals surface area contributed by atoms with E-state index < -0.39 is 0 Å². The maximum absolute atomic E-state index is 15.2. The maximum atomic E-state index is 15.2. The molecule has 3 heteroatoms. The van der Waals surface area contributed by atoms with Gasteiger partial charge in [0.15, 0.2) is 0 Å². The average molecular weight is 421 g/mol. The molecule has 1 unspecified atom stereocenters. The Balaban J connectivity index is 1.47. The highest BCUT2D eigenvalue weighted by molar-refractivity contribution is 5.91. The topological polar surface area (TPSA) is 24.4 Å². The fourth-order valence-corrected chi connectivity index (χ4v) is 4.42. The zero-order valence-electron chi connectivity index (χ0n) is 17.9. The van der Waals surface area contributed by atoms with E-state index in [9.17, 15) is 0 Å². The largest absolute Gasteiger partial charge is 0.364 e. The lowest BCUT2D eigenvalue weighted by Crippen LogP contribution is -2.28. The van der Waals surface area contributed by atoms with Gasteiger partial charge in [-0.1, -0.05) is 110 Å². The molecule has 0 spiro atoms. The van der Waals surface area contributed by atoms with Gasteiger partial charge < -0.3 is 5.32 Å². The van der Waals surface area contributed by atoms with E-state index in [-0.39, 0.29) is 23.8 Å². The summed E-state index contributed by atoms with van der Waals surface area (Å²) in [5, 5.41) is 3.61. The highest BCUT2D eigenvalue weighted by Gasteiger charge is 2.33. The van der Waals surface area contributed by atoms with Crippen molar-refractivity contribution in [1.29, 1.82) is 0 Å². The first kappa shape index (κ1) is 20.2. The van der Waals surface area contributed by atoms with Gasteiger partial charge in [0.05, 0.1) is 6.04 Å². The SMILES string of the molecule is CC(C1=N[C@H](c2ccccc2)[C@H](c2ccccc2)N1)c1ccc(-c2ccccc2)cc1F. The highest BCUT2D eigenvalue weighted by atomic mass is 19.1. The van der Waals surface area contributed by atoms with Gasteiger partial charge in [0.2, 0.25) is 0 Å². The Kier molecular flexibility index (Phi) is 5.55. The van der Waals surface area contributed by atoms with E-state index in [2.05, 4.69) is 29.6 Å². The minimum atomic E-state index is -0.206. The second-order valence-corrected chi connectivity index (χ2v) is 8.23. The first-order valence-electron chi connectivity index (χ1n) is 11.0. The van der Waals surface area contributed by atoms with Crippen LogP contribution in [0.5, 0.6) is 0 Å². The summed E-state index contributed by atoms with van der Waals surface area (Å²) in [5.41, 5.74) is 4.86. The van der Waals surface area contributed by atoms with Gasteiger partial charge in [-0.3, -0.25) is 4.99 Å². The molecule has 1 N–H and O–H groups in total. The smallest absolute Gasteiger partial charge is 0.127 e. The van der Waals surface area contributed by atoms with Gasteiger partial charge in [0, 0.05) is 5.92 Å². The second-order valence-electron chi connectivity index (χ2n) is 8.23. The van der Waals surface area contributed by atoms with Gasteiger partial charge in [-0.2, -0.15) is 0 Å². The molecule has 32 heavy (non-hydrogen) atoms. The van der Waals surface area contributed by atoms with Gasteiger partial charge in [0.25, 0.3) is 0 Å². The Morgan fingerprint density at radius 2 is 1.31 bits per heavy atom. The van der Waals surface area contributed by atoms with Gasteiger partial charge >= 0.3 is 0 Å². The highest BCUT2D eigenvalue weighted by Crippen LogP contribution is 2.38. The number of nitrogens with one attached hydrogen (secondary N) is 1. The van der Waals surface area contributed by atoms with E-state index in [1.807, 2.05) is 85.8 Å². The lowest BCUT2D eigenvalue weighted by Gasteiger charge is -2.21. The summed E-state index contributed by atoms with van der Waals surface area (Å²) in [4.78, 5) is 5.05. The molecule has 0 fully saturated rings. The summed E-state index contributed by atoms with van der Waals surface area (Å²) in [7, 11) is 0. The molecule has 1 aliphatic rings. The molecule has 5 rings (SSSR count). The molecular formula is C29H25FN2. The molecule has 4 aromatic rings. The van der Waals surface area contributed by atoms with Crippen LogP contribution in [0, 0.1) is 5.82 Å². The number of nitrogens with zero attached hydrogens (tertiary/aromatic N) is 1. The van der Waals surface area contributed by atoms with Crippen LogP contribution in [0.4, 0.5) is 4.39 Å². The van der Waals surface area contributed by atoms with Crippen LogP contribution >= 0.6 is 0 Å². The number of aliphatic imine (C=N–C) groups is 1. The van der Waals surface area contributed by atoms with Crippen LogP contribution in [0.3, 0.4) is 0 Å². The third-order valence-corrected chi connectivity index (χ3v) is 6.18. The summed E-state index contributed by atoms with van der Waals surface area (Å²) in [6, 6.07) is 36.0. The Morgan fingerprint density at radius 1 is 0.719 bits per heavy atom. The van der Waals surface area contributed by atoms with Crippen molar-refractivity contribution in [1.82, 2.24) is 5.32 Å². The molecule has 0 aliphatic carbocycles. The molecule has 158 valence electrons.